The second-order valence-corrected chi connectivity index (χ2v) is 6.56. The average Bonchev–Trinajstić information content (AvgIpc) is 3.02. The summed E-state index contributed by atoms with van der Waals surface area (Å²) in [5, 5.41) is 0. The van der Waals surface area contributed by atoms with Gasteiger partial charge in [-0.25, -0.2) is 0 Å². The van der Waals surface area contributed by atoms with Gasteiger partial charge in [0.1, 0.15) is 5.69 Å². The Kier molecular flexibility index (Phi) is 4.63. The standard InChI is InChI=1S/C17H18N2O2S/c20-14-6-8-18-16(10-14)17(21)19-9-7-13(11-19)12-22-15-4-2-1-3-5-15/h1-6,8,10,13H,7,9,11-12H2,(H,18,20). The molecule has 1 aromatic heterocycles. The summed E-state index contributed by atoms with van der Waals surface area (Å²) in [6.45, 7) is 1.52. The maximum Gasteiger partial charge on any atom is 0.270 e. The summed E-state index contributed by atoms with van der Waals surface area (Å²) in [5.41, 5.74) is 0.237. The molecule has 1 saturated heterocycles. The van der Waals surface area contributed by atoms with Crippen molar-refractivity contribution >= 4 is 17.7 Å². The summed E-state index contributed by atoms with van der Waals surface area (Å²) < 4.78 is 0. The zero-order valence-electron chi connectivity index (χ0n) is 12.2. The van der Waals surface area contributed by atoms with Crippen LogP contribution in [0.1, 0.15) is 16.9 Å². The Bertz CT molecular complexity index is 699. The van der Waals surface area contributed by atoms with Crippen molar-refractivity contribution in [3.63, 3.8) is 0 Å². The van der Waals surface area contributed by atoms with E-state index in [1.54, 1.807) is 0 Å². The molecule has 1 atom stereocenters. The van der Waals surface area contributed by atoms with Gasteiger partial charge in [-0.2, -0.15) is 0 Å². The Balaban J connectivity index is 1.56. The Hall–Kier alpha value is -2.01. The summed E-state index contributed by atoms with van der Waals surface area (Å²) in [7, 11) is 0. The monoisotopic (exact) mass is 314 g/mol. The van der Waals surface area contributed by atoms with Gasteiger partial charge in [0, 0.05) is 42.1 Å². The number of hydrogen-bond acceptors (Lipinski definition) is 3. The van der Waals surface area contributed by atoms with E-state index in [0.29, 0.717) is 11.6 Å². The number of carbonyl (C=O) groups is 1. The largest absolute Gasteiger partial charge is 0.357 e. The fourth-order valence-corrected chi connectivity index (χ4v) is 3.67. The van der Waals surface area contributed by atoms with Crippen LogP contribution in [0.15, 0.2) is 58.4 Å². The van der Waals surface area contributed by atoms with E-state index in [2.05, 4.69) is 17.1 Å². The van der Waals surface area contributed by atoms with Crippen LogP contribution in [0.4, 0.5) is 0 Å². The third kappa shape index (κ3) is 3.60. The number of benzene rings is 1. The second kappa shape index (κ2) is 6.83. The van der Waals surface area contributed by atoms with Gasteiger partial charge in [0.2, 0.25) is 0 Å². The summed E-state index contributed by atoms with van der Waals surface area (Å²) in [6, 6.07) is 13.1. The fourth-order valence-electron chi connectivity index (χ4n) is 2.62. The number of carbonyl (C=O) groups excluding carboxylic acids is 1. The van der Waals surface area contributed by atoms with Crippen LogP contribution in [-0.2, 0) is 0 Å². The molecule has 1 amide bonds. The van der Waals surface area contributed by atoms with Crippen molar-refractivity contribution in [3.8, 4) is 0 Å². The minimum Gasteiger partial charge on any atom is -0.357 e. The maximum atomic E-state index is 12.4. The highest BCUT2D eigenvalue weighted by Crippen LogP contribution is 2.26. The average molecular weight is 314 g/mol. The molecular weight excluding hydrogens is 296 g/mol. The van der Waals surface area contributed by atoms with E-state index in [-0.39, 0.29) is 11.3 Å². The normalized spacial score (nSPS) is 17.6. The number of likely N-dealkylation sites (tertiary alicyclic amines) is 1. The lowest BCUT2D eigenvalue weighted by Crippen LogP contribution is -2.30. The van der Waals surface area contributed by atoms with Gasteiger partial charge < -0.3 is 9.88 Å². The minimum atomic E-state index is -0.141. The van der Waals surface area contributed by atoms with Crippen LogP contribution in [0.25, 0.3) is 0 Å². The molecule has 0 spiro atoms. The van der Waals surface area contributed by atoms with Crippen LogP contribution in [-0.4, -0.2) is 34.6 Å². The number of pyridine rings is 1. The first-order chi connectivity index (χ1) is 10.7. The van der Waals surface area contributed by atoms with Crippen molar-refractivity contribution in [3.05, 3.63) is 64.6 Å². The van der Waals surface area contributed by atoms with Crippen LogP contribution in [0.3, 0.4) is 0 Å². The lowest BCUT2D eigenvalue weighted by Gasteiger charge is -2.16. The second-order valence-electron chi connectivity index (χ2n) is 5.47. The third-order valence-corrected chi connectivity index (χ3v) is 5.05. The Morgan fingerprint density at radius 3 is 2.86 bits per heavy atom. The molecule has 1 unspecified atom stereocenters. The van der Waals surface area contributed by atoms with Crippen molar-refractivity contribution in [2.24, 2.45) is 5.92 Å². The molecule has 1 fully saturated rings. The first-order valence-corrected chi connectivity index (χ1v) is 8.37. The quantitative estimate of drug-likeness (QED) is 0.883. The van der Waals surface area contributed by atoms with Crippen molar-refractivity contribution in [1.82, 2.24) is 9.88 Å². The Morgan fingerprint density at radius 2 is 2.09 bits per heavy atom. The van der Waals surface area contributed by atoms with Gasteiger partial charge in [0.05, 0.1) is 0 Å². The SMILES string of the molecule is O=C(c1cc(=O)cc[nH]1)N1CCC(CSc2ccccc2)C1. The van der Waals surface area contributed by atoms with Crippen LogP contribution >= 0.6 is 11.8 Å². The van der Waals surface area contributed by atoms with Gasteiger partial charge in [-0.1, -0.05) is 18.2 Å². The summed E-state index contributed by atoms with van der Waals surface area (Å²) in [5.74, 6) is 1.44. The number of aromatic amines is 1. The maximum absolute atomic E-state index is 12.4. The molecule has 1 aliphatic heterocycles. The topological polar surface area (TPSA) is 53.2 Å². The first kappa shape index (κ1) is 14.9. The van der Waals surface area contributed by atoms with Gasteiger partial charge in [0.15, 0.2) is 5.43 Å². The zero-order chi connectivity index (χ0) is 15.4. The summed E-state index contributed by atoms with van der Waals surface area (Å²) >= 11 is 1.83. The lowest BCUT2D eigenvalue weighted by atomic mass is 10.2. The number of amides is 1. The number of nitrogens with one attached hydrogen (secondary N) is 1. The molecule has 114 valence electrons. The molecule has 4 nitrogen and oxygen atoms in total. The van der Waals surface area contributed by atoms with Gasteiger partial charge in [-0.15, -0.1) is 11.8 Å². The molecule has 22 heavy (non-hydrogen) atoms. The molecule has 3 rings (SSSR count). The van der Waals surface area contributed by atoms with Crippen LogP contribution in [0.5, 0.6) is 0 Å². The lowest BCUT2D eigenvalue weighted by molar-refractivity contribution is 0.0782. The smallest absolute Gasteiger partial charge is 0.270 e. The van der Waals surface area contributed by atoms with Crippen molar-refractivity contribution in [2.45, 2.75) is 11.3 Å². The van der Waals surface area contributed by atoms with E-state index in [1.807, 2.05) is 34.9 Å². The predicted octanol–water partition coefficient (Wildman–Crippen LogP) is 2.63. The van der Waals surface area contributed by atoms with Gasteiger partial charge in [-0.3, -0.25) is 9.59 Å². The first-order valence-electron chi connectivity index (χ1n) is 7.38. The fraction of sp³-hybridized carbons (Fsp3) is 0.294. The third-order valence-electron chi connectivity index (χ3n) is 3.81. The van der Waals surface area contributed by atoms with E-state index < -0.39 is 0 Å². The molecule has 0 aliphatic carbocycles. The van der Waals surface area contributed by atoms with E-state index in [9.17, 15) is 9.59 Å². The molecule has 2 aromatic rings. The molecule has 2 heterocycles. The number of H-pyrrole nitrogens is 1. The Labute approximate surface area is 133 Å². The van der Waals surface area contributed by atoms with Crippen LogP contribution in [0.2, 0.25) is 0 Å². The van der Waals surface area contributed by atoms with E-state index in [1.165, 1.54) is 23.2 Å². The molecule has 1 N–H and O–H groups in total. The predicted molar refractivity (Wildman–Crippen MR) is 88.2 cm³/mol. The molecule has 1 aliphatic rings. The highest BCUT2D eigenvalue weighted by Gasteiger charge is 2.27. The van der Waals surface area contributed by atoms with E-state index in [0.717, 1.165) is 25.3 Å². The number of hydrogen-bond donors (Lipinski definition) is 1. The van der Waals surface area contributed by atoms with Gasteiger partial charge >= 0.3 is 0 Å². The van der Waals surface area contributed by atoms with Crippen LogP contribution in [0, 0.1) is 5.92 Å². The summed E-state index contributed by atoms with van der Waals surface area (Å²) in [4.78, 5) is 29.7. The highest BCUT2D eigenvalue weighted by atomic mass is 32.2. The molecule has 1 aromatic carbocycles. The molecule has 5 heteroatoms. The van der Waals surface area contributed by atoms with Gasteiger partial charge in [0.25, 0.3) is 5.91 Å². The molecule has 0 radical (unpaired) electrons. The van der Waals surface area contributed by atoms with Crippen molar-refractivity contribution in [1.29, 1.82) is 0 Å². The zero-order valence-corrected chi connectivity index (χ0v) is 13.0. The summed E-state index contributed by atoms with van der Waals surface area (Å²) in [6.07, 6.45) is 2.54. The molecule has 0 saturated carbocycles. The number of thioether (sulfide) groups is 1. The van der Waals surface area contributed by atoms with E-state index >= 15 is 0 Å². The van der Waals surface area contributed by atoms with Gasteiger partial charge in [-0.05, 0) is 24.5 Å². The number of nitrogens with zero attached hydrogens (tertiary/aromatic N) is 1. The molecule has 0 bridgehead atoms. The number of rotatable bonds is 4. The number of aromatic nitrogens is 1. The van der Waals surface area contributed by atoms with Crippen molar-refractivity contribution < 1.29 is 4.79 Å². The van der Waals surface area contributed by atoms with E-state index in [4.69, 9.17) is 0 Å². The van der Waals surface area contributed by atoms with Crippen LogP contribution < -0.4 is 5.43 Å². The highest BCUT2D eigenvalue weighted by molar-refractivity contribution is 7.99. The minimum absolute atomic E-state index is 0.0788. The molecular formula is C17H18N2O2S. The Morgan fingerprint density at radius 1 is 1.27 bits per heavy atom. The van der Waals surface area contributed by atoms with Crippen molar-refractivity contribution in [2.75, 3.05) is 18.8 Å².